The fourth-order valence-corrected chi connectivity index (χ4v) is 5.65. The molecule has 176 valence electrons. The van der Waals surface area contributed by atoms with Crippen LogP contribution >= 0.6 is 0 Å². The standard InChI is InChI=1S/C29H28N4O2/c1-28(2)16-24-22(26-23(28)17-30-33-26)15-21(18-7-4-3-5-8-18)25(31-24)19-9-11-20(12-10-19)29(13-6-14-29)32-27(34)35/h3-5,7-12,15,17,32H,6,13-14,16H2,1-2H3,(H,30,33)(H,34,35). The maximum absolute atomic E-state index is 11.4. The Balaban J connectivity index is 1.49. The van der Waals surface area contributed by atoms with Crippen molar-refractivity contribution in [2.24, 2.45) is 0 Å². The van der Waals surface area contributed by atoms with E-state index in [9.17, 15) is 9.90 Å². The Labute approximate surface area is 204 Å². The van der Waals surface area contributed by atoms with Gasteiger partial charge in [-0.25, -0.2) is 4.79 Å². The van der Waals surface area contributed by atoms with E-state index in [2.05, 4.69) is 71.8 Å². The fraction of sp³-hybridized carbons (Fsp3) is 0.276. The average molecular weight is 465 g/mol. The lowest BCUT2D eigenvalue weighted by atomic mass is 9.71. The molecule has 6 rings (SSSR count). The van der Waals surface area contributed by atoms with E-state index in [1.807, 2.05) is 24.4 Å². The van der Waals surface area contributed by atoms with Crippen molar-refractivity contribution in [1.82, 2.24) is 20.5 Å². The summed E-state index contributed by atoms with van der Waals surface area (Å²) in [6.45, 7) is 4.47. The predicted molar refractivity (Wildman–Crippen MR) is 136 cm³/mol. The summed E-state index contributed by atoms with van der Waals surface area (Å²) in [5.74, 6) is 0. The number of pyridine rings is 1. The van der Waals surface area contributed by atoms with Crippen LogP contribution in [0.1, 0.15) is 49.9 Å². The third kappa shape index (κ3) is 3.52. The molecule has 2 heterocycles. The van der Waals surface area contributed by atoms with E-state index in [1.54, 1.807) is 0 Å². The van der Waals surface area contributed by atoms with Crippen LogP contribution in [-0.2, 0) is 17.4 Å². The number of aromatic amines is 1. The second-order valence-electron chi connectivity index (χ2n) is 10.4. The maximum atomic E-state index is 11.4. The molecule has 0 unspecified atom stereocenters. The number of fused-ring (bicyclic) bond motifs is 3. The molecule has 0 radical (unpaired) electrons. The molecule has 0 bridgehead atoms. The monoisotopic (exact) mass is 464 g/mol. The SMILES string of the molecule is CC1(C)Cc2nc(-c3ccc(C4(NC(=O)O)CCC4)cc3)c(-c3ccccc3)cc2-c2[nH]ncc21. The molecule has 2 aromatic heterocycles. The number of aromatic nitrogens is 3. The van der Waals surface area contributed by atoms with Gasteiger partial charge in [-0.15, -0.1) is 0 Å². The van der Waals surface area contributed by atoms with Gasteiger partial charge in [-0.3, -0.25) is 10.1 Å². The Bertz CT molecular complexity index is 1420. The van der Waals surface area contributed by atoms with Crippen LogP contribution < -0.4 is 5.32 Å². The Morgan fingerprint density at radius 1 is 1.00 bits per heavy atom. The van der Waals surface area contributed by atoms with Gasteiger partial charge in [0.05, 0.1) is 28.8 Å². The Kier molecular flexibility index (Phi) is 4.81. The molecule has 4 aromatic rings. The van der Waals surface area contributed by atoms with Crippen LogP contribution in [0.5, 0.6) is 0 Å². The highest BCUT2D eigenvalue weighted by Gasteiger charge is 2.40. The van der Waals surface area contributed by atoms with Crippen LogP contribution in [0.25, 0.3) is 33.6 Å². The average Bonchev–Trinajstić information content (AvgIpc) is 3.33. The van der Waals surface area contributed by atoms with Gasteiger partial charge in [0.15, 0.2) is 0 Å². The van der Waals surface area contributed by atoms with E-state index >= 15 is 0 Å². The van der Waals surface area contributed by atoms with Gasteiger partial charge in [-0.05, 0) is 48.3 Å². The molecule has 6 nitrogen and oxygen atoms in total. The summed E-state index contributed by atoms with van der Waals surface area (Å²) in [7, 11) is 0. The van der Waals surface area contributed by atoms with Crippen LogP contribution in [-0.4, -0.2) is 26.4 Å². The summed E-state index contributed by atoms with van der Waals surface area (Å²) in [5, 5.41) is 19.7. The van der Waals surface area contributed by atoms with E-state index in [0.717, 1.165) is 70.6 Å². The quantitative estimate of drug-likeness (QED) is 0.331. The van der Waals surface area contributed by atoms with Crippen LogP contribution in [0.15, 0.2) is 66.9 Å². The summed E-state index contributed by atoms with van der Waals surface area (Å²) < 4.78 is 0. The zero-order chi connectivity index (χ0) is 24.2. The highest BCUT2D eigenvalue weighted by Crippen LogP contribution is 2.45. The Morgan fingerprint density at radius 3 is 2.40 bits per heavy atom. The molecule has 0 spiro atoms. The number of nitrogens with one attached hydrogen (secondary N) is 2. The minimum Gasteiger partial charge on any atom is -0.465 e. The minimum atomic E-state index is -0.975. The maximum Gasteiger partial charge on any atom is 0.405 e. The van der Waals surface area contributed by atoms with Crippen molar-refractivity contribution >= 4 is 6.09 Å². The van der Waals surface area contributed by atoms with E-state index in [4.69, 9.17) is 4.98 Å². The van der Waals surface area contributed by atoms with Crippen molar-refractivity contribution in [3.05, 3.63) is 83.7 Å². The fourth-order valence-electron chi connectivity index (χ4n) is 5.65. The molecule has 35 heavy (non-hydrogen) atoms. The zero-order valence-electron chi connectivity index (χ0n) is 19.9. The number of carbonyl (C=O) groups is 1. The number of nitrogens with zero attached hydrogens (tertiary/aromatic N) is 2. The predicted octanol–water partition coefficient (Wildman–Crippen LogP) is 6.29. The first-order valence-electron chi connectivity index (χ1n) is 12.1. The molecule has 2 aliphatic carbocycles. The lowest BCUT2D eigenvalue weighted by molar-refractivity contribution is 0.144. The van der Waals surface area contributed by atoms with Gasteiger partial charge in [0.2, 0.25) is 0 Å². The van der Waals surface area contributed by atoms with Gasteiger partial charge in [-0.2, -0.15) is 5.10 Å². The number of benzene rings is 2. The number of carboxylic acid groups (broad SMARTS) is 1. The lowest BCUT2D eigenvalue weighted by Crippen LogP contribution is -2.50. The summed E-state index contributed by atoms with van der Waals surface area (Å²) in [4.78, 5) is 16.7. The van der Waals surface area contributed by atoms with Crippen molar-refractivity contribution in [3.63, 3.8) is 0 Å². The van der Waals surface area contributed by atoms with Crippen LogP contribution in [0.3, 0.4) is 0 Å². The number of H-pyrrole nitrogens is 1. The van der Waals surface area contributed by atoms with Gasteiger partial charge in [0.1, 0.15) is 0 Å². The third-order valence-corrected chi connectivity index (χ3v) is 7.70. The van der Waals surface area contributed by atoms with E-state index < -0.39 is 11.6 Å². The molecule has 2 aromatic carbocycles. The van der Waals surface area contributed by atoms with E-state index in [-0.39, 0.29) is 5.41 Å². The normalized spacial score (nSPS) is 17.1. The molecule has 6 heteroatoms. The first-order valence-corrected chi connectivity index (χ1v) is 12.1. The van der Waals surface area contributed by atoms with E-state index in [0.29, 0.717) is 0 Å². The van der Waals surface area contributed by atoms with Gasteiger partial charge < -0.3 is 10.4 Å². The molecule has 0 saturated heterocycles. The van der Waals surface area contributed by atoms with Gasteiger partial charge in [0.25, 0.3) is 0 Å². The molecular formula is C29H28N4O2. The van der Waals surface area contributed by atoms with Crippen molar-refractivity contribution in [2.45, 2.75) is 50.5 Å². The molecular weight excluding hydrogens is 436 g/mol. The molecule has 2 aliphatic rings. The summed E-state index contributed by atoms with van der Waals surface area (Å²) >= 11 is 0. The van der Waals surface area contributed by atoms with Crippen LogP contribution in [0.2, 0.25) is 0 Å². The lowest BCUT2D eigenvalue weighted by Gasteiger charge is -2.42. The molecule has 1 fully saturated rings. The Morgan fingerprint density at radius 2 is 1.74 bits per heavy atom. The third-order valence-electron chi connectivity index (χ3n) is 7.70. The van der Waals surface area contributed by atoms with Gasteiger partial charge >= 0.3 is 6.09 Å². The molecule has 3 N–H and O–H groups in total. The van der Waals surface area contributed by atoms with Gasteiger partial charge in [-0.1, -0.05) is 68.4 Å². The summed E-state index contributed by atoms with van der Waals surface area (Å²) in [6.07, 6.45) is 4.48. The van der Waals surface area contributed by atoms with Crippen LogP contribution in [0, 0.1) is 0 Å². The number of hydrogen-bond donors (Lipinski definition) is 3. The van der Waals surface area contributed by atoms with Crippen molar-refractivity contribution in [1.29, 1.82) is 0 Å². The Hall–Kier alpha value is -3.93. The molecule has 0 aliphatic heterocycles. The summed E-state index contributed by atoms with van der Waals surface area (Å²) in [5.41, 5.74) is 9.06. The van der Waals surface area contributed by atoms with Crippen molar-refractivity contribution in [2.75, 3.05) is 0 Å². The molecule has 1 amide bonds. The molecule has 0 atom stereocenters. The molecule has 1 saturated carbocycles. The minimum absolute atomic E-state index is 0.0587. The highest BCUT2D eigenvalue weighted by molar-refractivity contribution is 5.86. The van der Waals surface area contributed by atoms with Crippen molar-refractivity contribution in [3.8, 4) is 33.6 Å². The van der Waals surface area contributed by atoms with Crippen LogP contribution in [0.4, 0.5) is 4.79 Å². The first kappa shape index (κ1) is 21.6. The second kappa shape index (κ2) is 7.80. The van der Waals surface area contributed by atoms with E-state index in [1.165, 1.54) is 5.56 Å². The van der Waals surface area contributed by atoms with Gasteiger partial charge in [0, 0.05) is 22.3 Å². The highest BCUT2D eigenvalue weighted by atomic mass is 16.4. The second-order valence-corrected chi connectivity index (χ2v) is 10.4. The van der Waals surface area contributed by atoms with Crippen molar-refractivity contribution < 1.29 is 9.90 Å². The number of rotatable bonds is 4. The zero-order valence-corrected chi connectivity index (χ0v) is 19.9. The number of hydrogen-bond acceptors (Lipinski definition) is 3. The first-order chi connectivity index (χ1) is 16.9. The largest absolute Gasteiger partial charge is 0.465 e. The topological polar surface area (TPSA) is 90.9 Å². The smallest absolute Gasteiger partial charge is 0.405 e. The number of amides is 1. The summed E-state index contributed by atoms with van der Waals surface area (Å²) in [6, 6.07) is 20.8.